The summed E-state index contributed by atoms with van der Waals surface area (Å²) in [7, 11) is -2.66. The van der Waals surface area contributed by atoms with Crippen molar-refractivity contribution in [3.05, 3.63) is 32.7 Å². The standard InChI is InChI=1S/C8H5Br2N.C4H10O2S/c9-7-3-6(1-2-11)4-8(10)5-7;1-3-7(5,6)4-2/h3-5H,1H2;3-4H2,1-2H3. The maximum absolute atomic E-state index is 10.4. The van der Waals surface area contributed by atoms with Crippen molar-refractivity contribution in [1.29, 1.82) is 5.26 Å². The monoisotopic (exact) mass is 395 g/mol. The van der Waals surface area contributed by atoms with Gasteiger partial charge >= 0.3 is 0 Å². The van der Waals surface area contributed by atoms with Crippen molar-refractivity contribution < 1.29 is 8.42 Å². The van der Waals surface area contributed by atoms with E-state index in [1.54, 1.807) is 13.8 Å². The summed E-state index contributed by atoms with van der Waals surface area (Å²) < 4.78 is 22.7. The van der Waals surface area contributed by atoms with Gasteiger partial charge in [0.05, 0.1) is 12.5 Å². The molecule has 0 saturated carbocycles. The van der Waals surface area contributed by atoms with Gasteiger partial charge in [0.2, 0.25) is 0 Å². The van der Waals surface area contributed by atoms with Gasteiger partial charge in [-0.05, 0) is 23.8 Å². The summed E-state index contributed by atoms with van der Waals surface area (Å²) in [4.78, 5) is 0. The maximum atomic E-state index is 10.4. The highest BCUT2D eigenvalue weighted by atomic mass is 79.9. The van der Waals surface area contributed by atoms with Gasteiger partial charge in [0.15, 0.2) is 0 Å². The molecular formula is C12H15Br2NO2S. The molecule has 0 amide bonds. The van der Waals surface area contributed by atoms with Gasteiger partial charge in [0, 0.05) is 20.5 Å². The average Bonchev–Trinajstić information content (AvgIpc) is 2.29. The topological polar surface area (TPSA) is 57.9 Å². The smallest absolute Gasteiger partial charge is 0.149 e. The van der Waals surface area contributed by atoms with Crippen molar-refractivity contribution in [2.45, 2.75) is 20.3 Å². The largest absolute Gasteiger partial charge is 0.229 e. The highest BCUT2D eigenvalue weighted by molar-refractivity contribution is 9.11. The van der Waals surface area contributed by atoms with Gasteiger partial charge in [-0.25, -0.2) is 8.42 Å². The van der Waals surface area contributed by atoms with E-state index in [0.717, 1.165) is 14.5 Å². The molecule has 0 aromatic heterocycles. The minimum atomic E-state index is -2.66. The molecule has 0 N–H and O–H groups in total. The summed E-state index contributed by atoms with van der Waals surface area (Å²) in [5.41, 5.74) is 1.02. The predicted octanol–water partition coefficient (Wildman–Crippen LogP) is 3.72. The molecule has 0 unspecified atom stereocenters. The fourth-order valence-electron chi connectivity index (χ4n) is 1.01. The number of nitrogens with zero attached hydrogens (tertiary/aromatic N) is 1. The van der Waals surface area contributed by atoms with E-state index in [4.69, 9.17) is 5.26 Å². The van der Waals surface area contributed by atoms with Gasteiger partial charge in [-0.2, -0.15) is 5.26 Å². The molecule has 0 atom stereocenters. The molecule has 0 fully saturated rings. The third kappa shape index (κ3) is 7.85. The van der Waals surface area contributed by atoms with Crippen LogP contribution in [0, 0.1) is 11.3 Å². The Morgan fingerprint density at radius 1 is 1.11 bits per heavy atom. The number of halogens is 2. The molecule has 0 bridgehead atoms. The van der Waals surface area contributed by atoms with Crippen LogP contribution in [0.15, 0.2) is 27.1 Å². The SMILES string of the molecule is CCS(=O)(=O)CC.N#CCc1cc(Br)cc(Br)c1. The Hall–Kier alpha value is -0.380. The van der Waals surface area contributed by atoms with Crippen LogP contribution in [-0.2, 0) is 16.3 Å². The fraction of sp³-hybridized carbons (Fsp3) is 0.417. The molecule has 18 heavy (non-hydrogen) atoms. The first-order valence-corrected chi connectivity index (χ1v) is 8.77. The summed E-state index contributed by atoms with van der Waals surface area (Å²) in [6.45, 7) is 3.30. The summed E-state index contributed by atoms with van der Waals surface area (Å²) in [6.07, 6.45) is 0.456. The molecule has 0 saturated heterocycles. The van der Waals surface area contributed by atoms with Crippen LogP contribution in [-0.4, -0.2) is 19.9 Å². The van der Waals surface area contributed by atoms with Crippen LogP contribution < -0.4 is 0 Å². The molecule has 0 aliphatic rings. The van der Waals surface area contributed by atoms with Crippen LogP contribution in [0.5, 0.6) is 0 Å². The number of hydrogen-bond acceptors (Lipinski definition) is 3. The van der Waals surface area contributed by atoms with Crippen molar-refractivity contribution in [3.63, 3.8) is 0 Å². The van der Waals surface area contributed by atoms with Gasteiger partial charge in [-0.15, -0.1) is 0 Å². The highest BCUT2D eigenvalue weighted by Gasteiger charge is 1.99. The van der Waals surface area contributed by atoms with E-state index >= 15 is 0 Å². The third-order valence-corrected chi connectivity index (χ3v) is 4.76. The number of hydrogen-bond donors (Lipinski definition) is 0. The molecular weight excluding hydrogens is 382 g/mol. The lowest BCUT2D eigenvalue weighted by atomic mass is 10.2. The Bertz CT molecular complexity index is 491. The Balaban J connectivity index is 0.000000360. The van der Waals surface area contributed by atoms with Crippen LogP contribution in [0.2, 0.25) is 0 Å². The molecule has 0 aliphatic carbocycles. The predicted molar refractivity (Wildman–Crippen MR) is 81.2 cm³/mol. The molecule has 0 radical (unpaired) electrons. The van der Waals surface area contributed by atoms with Gasteiger partial charge in [-0.1, -0.05) is 45.7 Å². The highest BCUT2D eigenvalue weighted by Crippen LogP contribution is 2.20. The molecule has 100 valence electrons. The molecule has 1 rings (SSSR count). The van der Waals surface area contributed by atoms with Gasteiger partial charge in [0.1, 0.15) is 9.84 Å². The van der Waals surface area contributed by atoms with Crippen molar-refractivity contribution in [3.8, 4) is 6.07 Å². The second-order valence-electron chi connectivity index (χ2n) is 3.43. The minimum Gasteiger partial charge on any atom is -0.229 e. The van der Waals surface area contributed by atoms with E-state index < -0.39 is 9.84 Å². The fourth-order valence-corrected chi connectivity index (χ4v) is 2.81. The van der Waals surface area contributed by atoms with Crippen LogP contribution >= 0.6 is 31.9 Å². The van der Waals surface area contributed by atoms with Crippen molar-refractivity contribution in [2.75, 3.05) is 11.5 Å². The average molecular weight is 397 g/mol. The van der Waals surface area contributed by atoms with Crippen LogP contribution in [0.25, 0.3) is 0 Å². The quantitative estimate of drug-likeness (QED) is 0.782. The second-order valence-corrected chi connectivity index (χ2v) is 7.91. The van der Waals surface area contributed by atoms with E-state index in [2.05, 4.69) is 37.9 Å². The molecule has 6 heteroatoms. The first-order valence-electron chi connectivity index (χ1n) is 5.37. The zero-order valence-electron chi connectivity index (χ0n) is 10.3. The maximum Gasteiger partial charge on any atom is 0.149 e. The zero-order chi connectivity index (χ0) is 14.2. The summed E-state index contributed by atoms with van der Waals surface area (Å²) in [5.74, 6) is 0.535. The molecule has 3 nitrogen and oxygen atoms in total. The lowest BCUT2D eigenvalue weighted by Gasteiger charge is -1.96. The van der Waals surface area contributed by atoms with Gasteiger partial charge < -0.3 is 0 Å². The van der Waals surface area contributed by atoms with Gasteiger partial charge in [-0.3, -0.25) is 0 Å². The van der Waals surface area contributed by atoms with Crippen molar-refractivity contribution in [1.82, 2.24) is 0 Å². The summed E-state index contributed by atoms with van der Waals surface area (Å²) in [5, 5.41) is 8.42. The Morgan fingerprint density at radius 2 is 1.56 bits per heavy atom. The van der Waals surface area contributed by atoms with Gasteiger partial charge in [0.25, 0.3) is 0 Å². The Labute approximate surface area is 125 Å². The van der Waals surface area contributed by atoms with E-state index in [1.807, 2.05) is 18.2 Å². The Kier molecular flexibility index (Phi) is 8.49. The third-order valence-electron chi connectivity index (χ3n) is 2.09. The van der Waals surface area contributed by atoms with Crippen molar-refractivity contribution in [2.24, 2.45) is 0 Å². The van der Waals surface area contributed by atoms with E-state index in [-0.39, 0.29) is 11.5 Å². The summed E-state index contributed by atoms with van der Waals surface area (Å²) >= 11 is 6.69. The molecule has 0 spiro atoms. The second kappa shape index (κ2) is 8.68. The summed E-state index contributed by atoms with van der Waals surface area (Å²) in [6, 6.07) is 7.92. The van der Waals surface area contributed by atoms with Crippen LogP contribution in [0.1, 0.15) is 19.4 Å². The minimum absolute atomic E-state index is 0.267. The van der Waals surface area contributed by atoms with E-state index in [9.17, 15) is 8.42 Å². The lowest BCUT2D eigenvalue weighted by Crippen LogP contribution is -2.04. The van der Waals surface area contributed by atoms with E-state index in [0.29, 0.717) is 6.42 Å². The first kappa shape index (κ1) is 17.6. The van der Waals surface area contributed by atoms with Crippen molar-refractivity contribution >= 4 is 41.7 Å². The molecule has 0 heterocycles. The van der Waals surface area contributed by atoms with Crippen LogP contribution in [0.4, 0.5) is 0 Å². The Morgan fingerprint density at radius 3 is 1.83 bits per heavy atom. The molecule has 1 aromatic carbocycles. The van der Waals surface area contributed by atoms with E-state index in [1.165, 1.54) is 0 Å². The number of rotatable bonds is 3. The van der Waals surface area contributed by atoms with Crippen LogP contribution in [0.3, 0.4) is 0 Å². The lowest BCUT2D eigenvalue weighted by molar-refractivity contribution is 0.598. The number of sulfone groups is 1. The normalized spacial score (nSPS) is 10.2. The molecule has 1 aromatic rings. The number of nitriles is 1. The first-order chi connectivity index (χ1) is 8.34. The number of benzene rings is 1. The zero-order valence-corrected chi connectivity index (χ0v) is 14.3. The molecule has 0 aliphatic heterocycles.